The van der Waals surface area contributed by atoms with Gasteiger partial charge in [-0.15, -0.1) is 12.4 Å². The van der Waals surface area contributed by atoms with Gasteiger partial charge in [-0.2, -0.15) is 0 Å². The van der Waals surface area contributed by atoms with Gasteiger partial charge in [-0.3, -0.25) is 4.79 Å². The maximum Gasteiger partial charge on any atom is 0.251 e. The number of methoxy groups -OCH3 is 1. The van der Waals surface area contributed by atoms with Crippen molar-refractivity contribution in [1.82, 2.24) is 10.2 Å². The number of para-hydroxylation sites is 1. The van der Waals surface area contributed by atoms with Crippen molar-refractivity contribution in [3.8, 4) is 5.75 Å². The lowest BCUT2D eigenvalue weighted by molar-refractivity contribution is 0.0941. The summed E-state index contributed by atoms with van der Waals surface area (Å²) < 4.78 is 18.3. The predicted molar refractivity (Wildman–Crippen MR) is 95.4 cm³/mol. The number of likely N-dealkylation sites (N-methyl/N-ethyl adjacent to an activating group) is 1. The molecule has 4 nitrogen and oxygen atoms in total. The number of rotatable bonds is 6. The molecule has 0 fully saturated rings. The second kappa shape index (κ2) is 9.25. The molecule has 0 aliphatic carbocycles. The second-order valence-corrected chi connectivity index (χ2v) is 5.44. The fourth-order valence-electron chi connectivity index (χ4n) is 2.41. The van der Waals surface area contributed by atoms with Crippen molar-refractivity contribution in [2.24, 2.45) is 0 Å². The van der Waals surface area contributed by atoms with Crippen molar-refractivity contribution in [1.29, 1.82) is 0 Å². The van der Waals surface area contributed by atoms with Crippen LogP contribution in [0.1, 0.15) is 22.0 Å². The molecule has 1 amide bonds. The third kappa shape index (κ3) is 4.94. The van der Waals surface area contributed by atoms with Crippen LogP contribution in [0.4, 0.5) is 4.39 Å². The van der Waals surface area contributed by atoms with Crippen LogP contribution >= 0.6 is 12.4 Å². The van der Waals surface area contributed by atoms with Crippen LogP contribution in [0.25, 0.3) is 0 Å². The molecule has 6 heteroatoms. The first-order valence-electron chi connectivity index (χ1n) is 7.36. The standard InChI is InChI=1S/C18H21FN2O2.ClH/c1-21(2)16(15-6-4-5-7-17(15)23-3)12-20-18(22)13-8-10-14(19)11-9-13;/h4-11,16H,12H2,1-3H3,(H,20,22);1H. The van der Waals surface area contributed by atoms with Crippen LogP contribution in [-0.2, 0) is 0 Å². The van der Waals surface area contributed by atoms with E-state index in [1.807, 2.05) is 43.3 Å². The largest absolute Gasteiger partial charge is 0.496 e. The lowest BCUT2D eigenvalue weighted by Crippen LogP contribution is -2.34. The van der Waals surface area contributed by atoms with E-state index in [1.165, 1.54) is 24.3 Å². The number of nitrogens with zero attached hydrogens (tertiary/aromatic N) is 1. The first kappa shape index (κ1) is 19.9. The van der Waals surface area contributed by atoms with E-state index in [9.17, 15) is 9.18 Å². The molecule has 0 saturated carbocycles. The first-order valence-corrected chi connectivity index (χ1v) is 7.36. The molecule has 0 heterocycles. The number of ether oxygens (including phenoxy) is 1. The van der Waals surface area contributed by atoms with Crippen LogP contribution in [0.5, 0.6) is 5.75 Å². The van der Waals surface area contributed by atoms with Gasteiger partial charge in [0.2, 0.25) is 0 Å². The Bertz CT molecular complexity index is 662. The summed E-state index contributed by atoms with van der Waals surface area (Å²) in [5.74, 6) is 0.190. The molecule has 24 heavy (non-hydrogen) atoms. The van der Waals surface area contributed by atoms with Crippen molar-refractivity contribution in [3.63, 3.8) is 0 Å². The summed E-state index contributed by atoms with van der Waals surface area (Å²) >= 11 is 0. The van der Waals surface area contributed by atoms with E-state index in [2.05, 4.69) is 5.32 Å². The van der Waals surface area contributed by atoms with Gasteiger partial charge in [-0.25, -0.2) is 4.39 Å². The van der Waals surface area contributed by atoms with Gasteiger partial charge in [0.25, 0.3) is 5.91 Å². The van der Waals surface area contributed by atoms with E-state index in [0.717, 1.165) is 11.3 Å². The minimum Gasteiger partial charge on any atom is -0.496 e. The van der Waals surface area contributed by atoms with Gasteiger partial charge in [0.1, 0.15) is 11.6 Å². The van der Waals surface area contributed by atoms with E-state index in [1.54, 1.807) is 7.11 Å². The summed E-state index contributed by atoms with van der Waals surface area (Å²) in [6, 6.07) is 13.2. The quantitative estimate of drug-likeness (QED) is 0.867. The topological polar surface area (TPSA) is 41.6 Å². The number of benzene rings is 2. The Morgan fingerprint density at radius 3 is 2.38 bits per heavy atom. The smallest absolute Gasteiger partial charge is 0.251 e. The normalized spacial score (nSPS) is 11.5. The second-order valence-electron chi connectivity index (χ2n) is 5.44. The van der Waals surface area contributed by atoms with E-state index >= 15 is 0 Å². The van der Waals surface area contributed by atoms with Gasteiger partial charge in [-0.05, 0) is 44.4 Å². The van der Waals surface area contributed by atoms with E-state index < -0.39 is 0 Å². The summed E-state index contributed by atoms with van der Waals surface area (Å²) in [6.07, 6.45) is 0. The number of carbonyl (C=O) groups excluding carboxylic acids is 1. The van der Waals surface area contributed by atoms with Crippen LogP contribution in [0.15, 0.2) is 48.5 Å². The first-order chi connectivity index (χ1) is 11.0. The Balaban J connectivity index is 0.00000288. The van der Waals surface area contributed by atoms with E-state index in [4.69, 9.17) is 4.74 Å². The molecular formula is C18H22ClFN2O2. The maximum atomic E-state index is 12.9. The van der Waals surface area contributed by atoms with Crippen molar-refractivity contribution >= 4 is 18.3 Å². The minimum atomic E-state index is -0.360. The lowest BCUT2D eigenvalue weighted by Gasteiger charge is -2.26. The monoisotopic (exact) mass is 352 g/mol. The highest BCUT2D eigenvalue weighted by molar-refractivity contribution is 5.94. The minimum absolute atomic E-state index is 0. The zero-order chi connectivity index (χ0) is 16.8. The molecule has 0 radical (unpaired) electrons. The summed E-state index contributed by atoms with van der Waals surface area (Å²) in [4.78, 5) is 14.2. The highest BCUT2D eigenvalue weighted by atomic mass is 35.5. The highest BCUT2D eigenvalue weighted by Crippen LogP contribution is 2.27. The number of halogens is 2. The van der Waals surface area contributed by atoms with Crippen LogP contribution in [0, 0.1) is 5.82 Å². The lowest BCUT2D eigenvalue weighted by atomic mass is 10.0. The van der Waals surface area contributed by atoms with Gasteiger partial charge in [0.15, 0.2) is 0 Å². The maximum absolute atomic E-state index is 12.9. The summed E-state index contributed by atoms with van der Waals surface area (Å²) in [7, 11) is 5.52. The number of carbonyl (C=O) groups is 1. The summed E-state index contributed by atoms with van der Waals surface area (Å²) in [5.41, 5.74) is 1.43. The summed E-state index contributed by atoms with van der Waals surface area (Å²) in [5, 5.41) is 2.89. The van der Waals surface area contributed by atoms with Crippen molar-refractivity contribution in [2.45, 2.75) is 6.04 Å². The summed E-state index contributed by atoms with van der Waals surface area (Å²) in [6.45, 7) is 0.420. The number of hydrogen-bond donors (Lipinski definition) is 1. The molecule has 0 aliphatic rings. The molecule has 1 N–H and O–H groups in total. The molecule has 0 bridgehead atoms. The van der Waals surface area contributed by atoms with Gasteiger partial charge in [0.05, 0.1) is 13.2 Å². The average molecular weight is 353 g/mol. The molecule has 2 rings (SSSR count). The van der Waals surface area contributed by atoms with Gasteiger partial charge in [-0.1, -0.05) is 18.2 Å². The highest BCUT2D eigenvalue weighted by Gasteiger charge is 2.19. The molecule has 0 aliphatic heterocycles. The fourth-order valence-corrected chi connectivity index (χ4v) is 2.41. The van der Waals surface area contributed by atoms with Crippen molar-refractivity contribution < 1.29 is 13.9 Å². The van der Waals surface area contributed by atoms with Crippen LogP contribution in [0.2, 0.25) is 0 Å². The Morgan fingerprint density at radius 1 is 1.17 bits per heavy atom. The molecular weight excluding hydrogens is 331 g/mol. The van der Waals surface area contributed by atoms with Crippen molar-refractivity contribution in [3.05, 3.63) is 65.5 Å². The molecule has 130 valence electrons. The molecule has 2 aromatic rings. The molecule has 0 aromatic heterocycles. The molecule has 1 unspecified atom stereocenters. The van der Waals surface area contributed by atoms with Crippen molar-refractivity contribution in [2.75, 3.05) is 27.7 Å². The fraction of sp³-hybridized carbons (Fsp3) is 0.278. The van der Waals surface area contributed by atoms with Gasteiger partial charge < -0.3 is 15.0 Å². The van der Waals surface area contributed by atoms with E-state index in [-0.39, 0.29) is 30.2 Å². The van der Waals surface area contributed by atoms with Crippen LogP contribution < -0.4 is 10.1 Å². The molecule has 0 spiro atoms. The van der Waals surface area contributed by atoms with Crippen LogP contribution in [-0.4, -0.2) is 38.6 Å². The molecule has 2 aromatic carbocycles. The molecule has 1 atom stereocenters. The average Bonchev–Trinajstić information content (AvgIpc) is 2.55. The number of nitrogens with one attached hydrogen (secondary N) is 1. The Hall–Kier alpha value is -2.11. The van der Waals surface area contributed by atoms with E-state index in [0.29, 0.717) is 12.1 Å². The van der Waals surface area contributed by atoms with Gasteiger partial charge >= 0.3 is 0 Å². The van der Waals surface area contributed by atoms with Gasteiger partial charge in [0, 0.05) is 17.7 Å². The molecule has 0 saturated heterocycles. The SMILES string of the molecule is COc1ccccc1C(CNC(=O)c1ccc(F)cc1)N(C)C.Cl. The number of hydrogen-bond acceptors (Lipinski definition) is 3. The van der Waals surface area contributed by atoms with Crippen LogP contribution in [0.3, 0.4) is 0 Å². The third-order valence-electron chi connectivity index (χ3n) is 3.68. The Morgan fingerprint density at radius 2 is 1.79 bits per heavy atom. The Labute approximate surface area is 148 Å². The Kier molecular flexibility index (Phi) is 7.68. The predicted octanol–water partition coefficient (Wildman–Crippen LogP) is 3.29. The third-order valence-corrected chi connectivity index (χ3v) is 3.68. The zero-order valence-electron chi connectivity index (χ0n) is 14.0. The zero-order valence-corrected chi connectivity index (χ0v) is 14.8. The number of amides is 1.